The number of nitrogens with zero attached hydrogens (tertiary/aromatic N) is 1. The molecule has 3 aromatic rings. The maximum absolute atomic E-state index is 13.6. The number of fused-ring (bicyclic) bond motifs is 5. The van der Waals surface area contributed by atoms with Gasteiger partial charge in [-0.1, -0.05) is 48.0 Å². The molecular formula is C31H26ClN3O6. The van der Waals surface area contributed by atoms with E-state index < -0.39 is 24.4 Å². The minimum absolute atomic E-state index is 0.0864. The molecule has 10 heteroatoms. The van der Waals surface area contributed by atoms with Crippen molar-refractivity contribution in [1.82, 2.24) is 10.9 Å². The van der Waals surface area contributed by atoms with Crippen LogP contribution in [0.25, 0.3) is 0 Å². The molecule has 2 aliphatic carbocycles. The molecule has 41 heavy (non-hydrogen) atoms. The molecule has 2 N–H and O–H groups in total. The van der Waals surface area contributed by atoms with E-state index >= 15 is 0 Å². The molecule has 1 heterocycles. The molecule has 1 aliphatic heterocycles. The molecule has 4 amide bonds. The van der Waals surface area contributed by atoms with Gasteiger partial charge in [-0.2, -0.15) is 0 Å². The highest BCUT2D eigenvalue weighted by Crippen LogP contribution is 2.61. The Labute approximate surface area is 240 Å². The largest absolute Gasteiger partial charge is 0.452 e. The Morgan fingerprint density at radius 1 is 0.829 bits per heavy atom. The van der Waals surface area contributed by atoms with Crippen molar-refractivity contribution in [3.05, 3.63) is 101 Å². The van der Waals surface area contributed by atoms with Crippen molar-refractivity contribution in [2.75, 3.05) is 11.5 Å². The van der Waals surface area contributed by atoms with Crippen LogP contribution in [-0.4, -0.2) is 36.2 Å². The number of esters is 1. The number of ether oxygens (including phenoxy) is 1. The standard InChI is InChI=1S/C31H26ClN3O6/c32-21-11-9-18(10-12-21)28(37)34-33-25(36)16-41-31(40)19-7-4-8-22(13-19)35-29(38)26-20-14-23(17-5-2-1-3-6-17)24(15-20)27(26)30(35)39/h1-13,20,23-24,26-27H,14-16H2,(H,33,36)(H,34,37)/t20-,23-,24+,26+,27+/m0/s1. The first-order chi connectivity index (χ1) is 19.8. The van der Waals surface area contributed by atoms with E-state index in [-0.39, 0.29) is 52.5 Å². The van der Waals surface area contributed by atoms with Crippen LogP contribution < -0.4 is 15.8 Å². The zero-order valence-corrected chi connectivity index (χ0v) is 22.5. The van der Waals surface area contributed by atoms with E-state index in [1.807, 2.05) is 18.2 Å². The Bertz CT molecular complexity index is 1540. The third-order valence-electron chi connectivity index (χ3n) is 8.34. The van der Waals surface area contributed by atoms with Crippen molar-refractivity contribution in [2.45, 2.75) is 18.8 Å². The van der Waals surface area contributed by atoms with E-state index in [1.54, 1.807) is 12.1 Å². The van der Waals surface area contributed by atoms with Crippen LogP contribution in [0.15, 0.2) is 78.9 Å². The number of halogens is 1. The number of amides is 4. The number of carbonyl (C=O) groups is 5. The Balaban J connectivity index is 1.08. The van der Waals surface area contributed by atoms with Crippen LogP contribution in [0.5, 0.6) is 0 Å². The third-order valence-corrected chi connectivity index (χ3v) is 8.59. The summed E-state index contributed by atoms with van der Waals surface area (Å²) in [6.07, 6.45) is 1.76. The highest BCUT2D eigenvalue weighted by molar-refractivity contribution is 6.30. The summed E-state index contributed by atoms with van der Waals surface area (Å²) in [7, 11) is 0. The predicted octanol–water partition coefficient (Wildman–Crippen LogP) is 3.89. The van der Waals surface area contributed by atoms with Crippen molar-refractivity contribution in [2.24, 2.45) is 23.7 Å². The Kier molecular flexibility index (Phi) is 7.05. The molecule has 5 atom stereocenters. The van der Waals surface area contributed by atoms with Gasteiger partial charge in [0.2, 0.25) is 11.8 Å². The average molecular weight is 572 g/mol. The fourth-order valence-electron chi connectivity index (χ4n) is 6.62. The van der Waals surface area contributed by atoms with Crippen LogP contribution in [-0.2, 0) is 19.1 Å². The molecule has 208 valence electrons. The molecule has 3 aromatic carbocycles. The van der Waals surface area contributed by atoms with Gasteiger partial charge in [0.1, 0.15) is 0 Å². The van der Waals surface area contributed by atoms with Crippen LogP contribution >= 0.6 is 11.6 Å². The van der Waals surface area contributed by atoms with Crippen LogP contribution in [0.1, 0.15) is 45.0 Å². The van der Waals surface area contributed by atoms with E-state index in [0.29, 0.717) is 10.7 Å². The monoisotopic (exact) mass is 571 g/mol. The van der Waals surface area contributed by atoms with Gasteiger partial charge in [-0.05, 0) is 78.6 Å². The smallest absolute Gasteiger partial charge is 0.338 e. The summed E-state index contributed by atoms with van der Waals surface area (Å²) in [4.78, 5) is 65.2. The van der Waals surface area contributed by atoms with Crippen molar-refractivity contribution in [3.8, 4) is 0 Å². The Morgan fingerprint density at radius 3 is 2.32 bits per heavy atom. The number of rotatable bonds is 6. The molecule has 2 bridgehead atoms. The molecule has 1 saturated heterocycles. The van der Waals surface area contributed by atoms with E-state index in [1.165, 1.54) is 46.9 Å². The average Bonchev–Trinajstić information content (AvgIpc) is 3.66. The number of hydrazine groups is 1. The number of anilines is 1. The van der Waals surface area contributed by atoms with Gasteiger partial charge in [-0.3, -0.25) is 34.9 Å². The predicted molar refractivity (Wildman–Crippen MR) is 149 cm³/mol. The topological polar surface area (TPSA) is 122 Å². The quantitative estimate of drug-likeness (QED) is 0.263. The van der Waals surface area contributed by atoms with Crippen molar-refractivity contribution in [3.63, 3.8) is 0 Å². The number of nitrogens with one attached hydrogen (secondary N) is 2. The Morgan fingerprint density at radius 2 is 1.56 bits per heavy atom. The first-order valence-corrected chi connectivity index (χ1v) is 13.7. The fourth-order valence-corrected chi connectivity index (χ4v) is 6.75. The van der Waals surface area contributed by atoms with Gasteiger partial charge in [0.15, 0.2) is 6.61 Å². The number of imide groups is 1. The van der Waals surface area contributed by atoms with E-state index in [4.69, 9.17) is 16.3 Å². The summed E-state index contributed by atoms with van der Waals surface area (Å²) in [5.41, 5.74) is 6.28. The van der Waals surface area contributed by atoms with E-state index in [9.17, 15) is 24.0 Å². The van der Waals surface area contributed by atoms with Crippen LogP contribution in [0.4, 0.5) is 5.69 Å². The maximum atomic E-state index is 13.6. The second-order valence-corrected chi connectivity index (χ2v) is 11.0. The molecule has 3 fully saturated rings. The first-order valence-electron chi connectivity index (χ1n) is 13.4. The van der Waals surface area contributed by atoms with Crippen molar-refractivity contribution < 1.29 is 28.7 Å². The molecule has 0 unspecified atom stereocenters. The molecule has 0 radical (unpaired) electrons. The van der Waals surface area contributed by atoms with Crippen molar-refractivity contribution in [1.29, 1.82) is 0 Å². The lowest BCUT2D eigenvalue weighted by Gasteiger charge is -2.28. The lowest BCUT2D eigenvalue weighted by molar-refractivity contribution is -0.125. The van der Waals surface area contributed by atoms with Gasteiger partial charge in [0, 0.05) is 10.6 Å². The summed E-state index contributed by atoms with van der Waals surface area (Å²) in [6, 6.07) is 22.3. The minimum atomic E-state index is -0.811. The lowest BCUT2D eigenvalue weighted by atomic mass is 9.73. The molecule has 9 nitrogen and oxygen atoms in total. The van der Waals surface area contributed by atoms with Gasteiger partial charge in [0.05, 0.1) is 23.1 Å². The summed E-state index contributed by atoms with van der Waals surface area (Å²) < 4.78 is 5.09. The number of hydrogen-bond acceptors (Lipinski definition) is 6. The molecule has 0 spiro atoms. The van der Waals surface area contributed by atoms with Crippen LogP contribution in [0.3, 0.4) is 0 Å². The Hall–Kier alpha value is -4.50. The van der Waals surface area contributed by atoms with Gasteiger partial charge < -0.3 is 4.74 Å². The third kappa shape index (κ3) is 4.97. The van der Waals surface area contributed by atoms with E-state index in [2.05, 4.69) is 23.0 Å². The highest BCUT2D eigenvalue weighted by atomic mass is 35.5. The summed E-state index contributed by atoms with van der Waals surface area (Å²) in [6.45, 7) is -0.653. The van der Waals surface area contributed by atoms with Gasteiger partial charge >= 0.3 is 5.97 Å². The lowest BCUT2D eigenvalue weighted by Crippen LogP contribution is -2.43. The van der Waals surface area contributed by atoms with Gasteiger partial charge in [0.25, 0.3) is 11.8 Å². The summed E-state index contributed by atoms with van der Waals surface area (Å²) in [5, 5.41) is 0.465. The zero-order valence-electron chi connectivity index (χ0n) is 21.8. The second-order valence-electron chi connectivity index (χ2n) is 10.6. The molecule has 0 aromatic heterocycles. The first kappa shape index (κ1) is 26.7. The second kappa shape index (κ2) is 10.8. The summed E-state index contributed by atoms with van der Waals surface area (Å²) in [5.74, 6) is -2.76. The highest BCUT2D eigenvalue weighted by Gasteiger charge is 2.64. The number of hydrogen-bond donors (Lipinski definition) is 2. The van der Waals surface area contributed by atoms with Crippen LogP contribution in [0.2, 0.25) is 5.02 Å². The number of benzene rings is 3. The summed E-state index contributed by atoms with van der Waals surface area (Å²) >= 11 is 5.80. The molecule has 3 aliphatic rings. The van der Waals surface area contributed by atoms with Gasteiger partial charge in [-0.15, -0.1) is 0 Å². The van der Waals surface area contributed by atoms with E-state index in [0.717, 1.165) is 12.8 Å². The number of carbonyl (C=O) groups excluding carboxylic acids is 5. The molecular weight excluding hydrogens is 546 g/mol. The fraction of sp³-hybridized carbons (Fsp3) is 0.258. The zero-order chi connectivity index (χ0) is 28.7. The molecule has 2 saturated carbocycles. The minimum Gasteiger partial charge on any atom is -0.452 e. The van der Waals surface area contributed by atoms with Crippen molar-refractivity contribution >= 4 is 46.9 Å². The maximum Gasteiger partial charge on any atom is 0.338 e. The van der Waals surface area contributed by atoms with Gasteiger partial charge in [-0.25, -0.2) is 4.79 Å². The normalized spacial score (nSPS) is 24.2. The SMILES string of the molecule is O=C(COC(=O)c1cccc(N2C(=O)[C@@H]3[C@@H]4C[C@@H]([C@H]3C2=O)[C@H](c2ccccc2)C4)c1)NNC(=O)c1ccc(Cl)cc1. The molecule has 6 rings (SSSR count). The van der Waals surface area contributed by atoms with Crippen LogP contribution in [0, 0.1) is 23.7 Å².